The van der Waals surface area contributed by atoms with Gasteiger partial charge in [0.05, 0.1) is 36.7 Å². The van der Waals surface area contributed by atoms with Crippen LogP contribution in [0.4, 0.5) is 5.69 Å². The zero-order chi connectivity index (χ0) is 18.7. The average Bonchev–Trinajstić information content (AvgIpc) is 2.65. The molecule has 26 heavy (non-hydrogen) atoms. The van der Waals surface area contributed by atoms with Crippen LogP contribution in [-0.4, -0.2) is 32.7 Å². The van der Waals surface area contributed by atoms with Crippen LogP contribution in [0.15, 0.2) is 60.8 Å². The number of sulfonamides is 1. The number of anilines is 1. The highest BCUT2D eigenvalue weighted by Gasteiger charge is 2.19. The molecule has 0 N–H and O–H groups in total. The fraction of sp³-hybridized carbons (Fsp3) is 0.158. The summed E-state index contributed by atoms with van der Waals surface area (Å²) >= 11 is 0. The van der Waals surface area contributed by atoms with Crippen molar-refractivity contribution in [3.05, 3.63) is 71.9 Å². The van der Waals surface area contributed by atoms with Gasteiger partial charge < -0.3 is 4.74 Å². The Hall–Kier alpha value is -2.93. The van der Waals surface area contributed by atoms with Crippen LogP contribution in [0, 0.1) is 0 Å². The van der Waals surface area contributed by atoms with Gasteiger partial charge in [-0.15, -0.1) is 0 Å². The number of hydrogen-bond acceptors (Lipinski definition) is 5. The van der Waals surface area contributed by atoms with Gasteiger partial charge in [-0.2, -0.15) is 0 Å². The van der Waals surface area contributed by atoms with E-state index in [0.29, 0.717) is 11.3 Å². The SMILES string of the molecule is COC(=O)c1ccc(N(Cc2cccc3cccnc23)S(C)(=O)=O)cc1. The fourth-order valence-electron chi connectivity index (χ4n) is 2.73. The molecule has 1 aromatic heterocycles. The molecule has 6 nitrogen and oxygen atoms in total. The molecule has 0 radical (unpaired) electrons. The number of esters is 1. The number of fused-ring (bicyclic) bond motifs is 1. The van der Waals surface area contributed by atoms with Gasteiger partial charge in [-0.3, -0.25) is 9.29 Å². The first-order valence-corrected chi connectivity index (χ1v) is 9.73. The van der Waals surface area contributed by atoms with E-state index in [0.717, 1.165) is 22.7 Å². The maximum atomic E-state index is 12.4. The zero-order valence-corrected chi connectivity index (χ0v) is 15.2. The summed E-state index contributed by atoms with van der Waals surface area (Å²) in [4.78, 5) is 15.9. The number of hydrogen-bond donors (Lipinski definition) is 0. The van der Waals surface area contributed by atoms with Crippen LogP contribution < -0.4 is 4.31 Å². The van der Waals surface area contributed by atoms with Crippen molar-refractivity contribution in [2.75, 3.05) is 17.7 Å². The highest BCUT2D eigenvalue weighted by Crippen LogP contribution is 2.24. The number of pyridine rings is 1. The van der Waals surface area contributed by atoms with E-state index in [2.05, 4.69) is 9.72 Å². The molecule has 0 saturated heterocycles. The summed E-state index contributed by atoms with van der Waals surface area (Å²) in [6.45, 7) is 0.144. The van der Waals surface area contributed by atoms with Crippen LogP contribution in [0.3, 0.4) is 0 Å². The maximum Gasteiger partial charge on any atom is 0.337 e. The van der Waals surface area contributed by atoms with E-state index in [1.54, 1.807) is 30.5 Å². The Kier molecular flexibility index (Phi) is 4.90. The summed E-state index contributed by atoms with van der Waals surface area (Å²) in [6.07, 6.45) is 2.83. The number of para-hydroxylation sites is 1. The standard InChI is InChI=1S/C19H18N2O4S/c1-25-19(22)15-8-10-17(11-9-15)21(26(2,23)24)13-16-6-3-5-14-7-4-12-20-18(14)16/h3-12H,13H2,1-2H3. The molecule has 0 aliphatic heterocycles. The molecule has 0 amide bonds. The third-order valence-corrected chi connectivity index (χ3v) is 5.15. The van der Waals surface area contributed by atoms with E-state index in [4.69, 9.17) is 0 Å². The lowest BCUT2D eigenvalue weighted by atomic mass is 10.1. The predicted molar refractivity (Wildman–Crippen MR) is 101 cm³/mol. The summed E-state index contributed by atoms with van der Waals surface area (Å²) in [5.41, 5.74) is 2.38. The first-order valence-electron chi connectivity index (χ1n) is 7.89. The zero-order valence-electron chi connectivity index (χ0n) is 14.4. The minimum atomic E-state index is -3.53. The van der Waals surface area contributed by atoms with Gasteiger partial charge in [0.25, 0.3) is 0 Å². The molecule has 1 heterocycles. The number of ether oxygens (including phenoxy) is 1. The highest BCUT2D eigenvalue weighted by molar-refractivity contribution is 7.92. The lowest BCUT2D eigenvalue weighted by molar-refractivity contribution is 0.0601. The lowest BCUT2D eigenvalue weighted by Crippen LogP contribution is -2.29. The van der Waals surface area contributed by atoms with Crippen molar-refractivity contribution in [3.63, 3.8) is 0 Å². The number of aromatic nitrogens is 1. The molecule has 0 bridgehead atoms. The van der Waals surface area contributed by atoms with E-state index in [-0.39, 0.29) is 6.54 Å². The number of carbonyl (C=O) groups is 1. The van der Waals surface area contributed by atoms with Gasteiger partial charge in [0.15, 0.2) is 0 Å². The smallest absolute Gasteiger partial charge is 0.337 e. The topological polar surface area (TPSA) is 76.6 Å². The Morgan fingerprint density at radius 3 is 2.42 bits per heavy atom. The Morgan fingerprint density at radius 2 is 1.77 bits per heavy atom. The second-order valence-electron chi connectivity index (χ2n) is 5.80. The van der Waals surface area contributed by atoms with Gasteiger partial charge in [0.2, 0.25) is 10.0 Å². The van der Waals surface area contributed by atoms with Gasteiger partial charge in [0, 0.05) is 11.6 Å². The average molecular weight is 370 g/mol. The fourth-order valence-corrected chi connectivity index (χ4v) is 3.61. The number of rotatable bonds is 5. The Bertz CT molecular complexity index is 1040. The number of methoxy groups -OCH3 is 1. The van der Waals surface area contributed by atoms with Crippen molar-refractivity contribution < 1.29 is 17.9 Å². The Labute approximate surface area is 152 Å². The predicted octanol–water partition coefficient (Wildman–Crippen LogP) is 2.99. The van der Waals surface area contributed by atoms with Crippen molar-refractivity contribution >= 4 is 32.6 Å². The van der Waals surface area contributed by atoms with E-state index in [9.17, 15) is 13.2 Å². The van der Waals surface area contributed by atoms with E-state index in [1.165, 1.54) is 11.4 Å². The molecule has 7 heteroatoms. The number of carbonyl (C=O) groups excluding carboxylic acids is 1. The second-order valence-corrected chi connectivity index (χ2v) is 7.71. The molecule has 0 saturated carbocycles. The molecule has 0 aliphatic rings. The molecular formula is C19H18N2O4S. The second kappa shape index (κ2) is 7.13. The van der Waals surface area contributed by atoms with Gasteiger partial charge in [-0.25, -0.2) is 13.2 Å². The Balaban J connectivity index is 2.01. The molecule has 3 aromatic rings. The van der Waals surface area contributed by atoms with Crippen LogP contribution in [0.5, 0.6) is 0 Å². The van der Waals surface area contributed by atoms with Gasteiger partial charge in [0.1, 0.15) is 0 Å². The molecule has 0 fully saturated rings. The molecule has 0 spiro atoms. The molecule has 0 unspecified atom stereocenters. The van der Waals surface area contributed by atoms with Crippen LogP contribution in [0.2, 0.25) is 0 Å². The largest absolute Gasteiger partial charge is 0.465 e. The Morgan fingerprint density at radius 1 is 1.08 bits per heavy atom. The first kappa shape index (κ1) is 17.9. The van der Waals surface area contributed by atoms with E-state index >= 15 is 0 Å². The van der Waals surface area contributed by atoms with Crippen LogP contribution >= 0.6 is 0 Å². The molecule has 134 valence electrons. The molecule has 0 atom stereocenters. The quantitative estimate of drug-likeness (QED) is 0.645. The summed E-state index contributed by atoms with van der Waals surface area (Å²) in [6, 6.07) is 15.7. The van der Waals surface area contributed by atoms with Crippen molar-refractivity contribution in [2.45, 2.75) is 6.54 Å². The number of benzene rings is 2. The molecule has 0 aliphatic carbocycles. The van der Waals surface area contributed by atoms with Gasteiger partial charge >= 0.3 is 5.97 Å². The third kappa shape index (κ3) is 3.67. The molecular weight excluding hydrogens is 352 g/mol. The van der Waals surface area contributed by atoms with Crippen molar-refractivity contribution in [1.29, 1.82) is 0 Å². The first-order chi connectivity index (χ1) is 12.4. The summed E-state index contributed by atoms with van der Waals surface area (Å²) < 4.78 is 30.7. The van der Waals surface area contributed by atoms with E-state index < -0.39 is 16.0 Å². The van der Waals surface area contributed by atoms with Gasteiger partial charge in [-0.05, 0) is 35.9 Å². The molecule has 3 rings (SSSR count). The minimum Gasteiger partial charge on any atom is -0.465 e. The molecule has 2 aromatic carbocycles. The normalized spacial score (nSPS) is 11.3. The van der Waals surface area contributed by atoms with Crippen molar-refractivity contribution in [1.82, 2.24) is 4.98 Å². The summed E-state index contributed by atoms with van der Waals surface area (Å²) in [5, 5.41) is 0.944. The van der Waals surface area contributed by atoms with Crippen LogP contribution in [0.1, 0.15) is 15.9 Å². The van der Waals surface area contributed by atoms with Crippen molar-refractivity contribution in [2.24, 2.45) is 0 Å². The van der Waals surface area contributed by atoms with Crippen LogP contribution in [-0.2, 0) is 21.3 Å². The third-order valence-electron chi connectivity index (χ3n) is 4.01. The lowest BCUT2D eigenvalue weighted by Gasteiger charge is -2.23. The maximum absolute atomic E-state index is 12.4. The number of nitrogens with zero attached hydrogens (tertiary/aromatic N) is 2. The minimum absolute atomic E-state index is 0.144. The van der Waals surface area contributed by atoms with E-state index in [1.807, 2.05) is 30.3 Å². The summed E-state index contributed by atoms with van der Waals surface area (Å²) in [7, 11) is -2.24. The highest BCUT2D eigenvalue weighted by atomic mass is 32.2. The van der Waals surface area contributed by atoms with Crippen LogP contribution in [0.25, 0.3) is 10.9 Å². The monoisotopic (exact) mass is 370 g/mol. The van der Waals surface area contributed by atoms with Gasteiger partial charge in [-0.1, -0.05) is 24.3 Å². The summed E-state index contributed by atoms with van der Waals surface area (Å²) in [5.74, 6) is -0.472. The van der Waals surface area contributed by atoms with Crippen molar-refractivity contribution in [3.8, 4) is 0 Å².